The number of nitrogens with one attached hydrogen (secondary N) is 1. The van der Waals surface area contributed by atoms with Crippen LogP contribution in [0.1, 0.15) is 328 Å². The smallest absolute Gasteiger partial charge is 0.220 e. The lowest BCUT2D eigenvalue weighted by molar-refractivity contribution is -0.123. The van der Waals surface area contributed by atoms with E-state index in [0.29, 0.717) is 6.42 Å². The van der Waals surface area contributed by atoms with Crippen molar-refractivity contribution in [2.45, 2.75) is 341 Å². The Balaban J connectivity index is 3.43. The van der Waals surface area contributed by atoms with Crippen LogP contribution in [0.15, 0.2) is 48.6 Å². The third kappa shape index (κ3) is 55.2. The molecule has 0 aliphatic heterocycles. The predicted molar refractivity (Wildman–Crippen MR) is 299 cm³/mol. The molecule has 67 heavy (non-hydrogen) atoms. The molecule has 1 amide bonds. The van der Waals surface area contributed by atoms with Crippen molar-refractivity contribution in [1.82, 2.24) is 5.32 Å². The summed E-state index contributed by atoms with van der Waals surface area (Å²) in [5.41, 5.74) is 0. The van der Waals surface area contributed by atoms with Crippen molar-refractivity contribution >= 4 is 5.91 Å². The highest BCUT2D eigenvalue weighted by Gasteiger charge is 2.18. The van der Waals surface area contributed by atoms with E-state index in [1.165, 1.54) is 270 Å². The van der Waals surface area contributed by atoms with E-state index in [1.54, 1.807) is 6.08 Å². The molecule has 0 aliphatic rings. The van der Waals surface area contributed by atoms with Crippen LogP contribution in [0.4, 0.5) is 0 Å². The van der Waals surface area contributed by atoms with Crippen LogP contribution in [-0.4, -0.2) is 34.9 Å². The summed E-state index contributed by atoms with van der Waals surface area (Å²) in [7, 11) is 0. The number of unbranched alkanes of at least 4 members (excludes halogenated alkanes) is 43. The summed E-state index contributed by atoms with van der Waals surface area (Å²) in [5, 5.41) is 23.2. The normalized spacial score (nSPS) is 13.1. The third-order valence-corrected chi connectivity index (χ3v) is 14.1. The number of aliphatic hydroxyl groups excluding tert-OH is 2. The summed E-state index contributed by atoms with van der Waals surface area (Å²) in [6.07, 6.45) is 81.5. The molecule has 0 radical (unpaired) electrons. The van der Waals surface area contributed by atoms with E-state index in [9.17, 15) is 15.0 Å². The van der Waals surface area contributed by atoms with Crippen molar-refractivity contribution in [2.24, 2.45) is 0 Å². The predicted octanol–water partition coefficient (Wildman–Crippen LogP) is 20.2. The van der Waals surface area contributed by atoms with Gasteiger partial charge in [-0.05, 0) is 57.8 Å². The Morgan fingerprint density at radius 1 is 0.358 bits per heavy atom. The maximum Gasteiger partial charge on any atom is 0.220 e. The van der Waals surface area contributed by atoms with Crippen LogP contribution in [0.3, 0.4) is 0 Å². The molecule has 0 spiro atoms. The number of hydrogen-bond acceptors (Lipinski definition) is 3. The molecule has 0 aromatic carbocycles. The zero-order valence-electron chi connectivity index (χ0n) is 45.4. The zero-order chi connectivity index (χ0) is 48.5. The Morgan fingerprint density at radius 3 is 0.910 bits per heavy atom. The van der Waals surface area contributed by atoms with Crippen molar-refractivity contribution in [1.29, 1.82) is 0 Å². The SMILES string of the molecule is CCCCCCC/C=C\C/C=C\C/C=C\CCCCCCCCCCCCCCCCCCCCCCCCC(=O)NC(CO)C(O)/C=C/CCCCCCCCCCCCCCCCCC. The largest absolute Gasteiger partial charge is 0.394 e. The summed E-state index contributed by atoms with van der Waals surface area (Å²) < 4.78 is 0. The topological polar surface area (TPSA) is 69.6 Å². The van der Waals surface area contributed by atoms with Crippen LogP contribution < -0.4 is 5.32 Å². The van der Waals surface area contributed by atoms with Crippen LogP contribution in [0.25, 0.3) is 0 Å². The number of carbonyl (C=O) groups is 1. The second kappa shape index (κ2) is 58.7. The Hall–Kier alpha value is -1.65. The van der Waals surface area contributed by atoms with E-state index in [4.69, 9.17) is 0 Å². The summed E-state index contributed by atoms with van der Waals surface area (Å²) in [6, 6.07) is -0.621. The quantitative estimate of drug-likeness (QED) is 0.0420. The molecule has 0 rings (SSSR count). The van der Waals surface area contributed by atoms with Gasteiger partial charge in [0.2, 0.25) is 5.91 Å². The highest BCUT2D eigenvalue weighted by molar-refractivity contribution is 5.76. The lowest BCUT2D eigenvalue weighted by Gasteiger charge is -2.20. The second-order valence-electron chi connectivity index (χ2n) is 20.8. The fraction of sp³-hybridized carbons (Fsp3) is 0.857. The van der Waals surface area contributed by atoms with Crippen molar-refractivity contribution < 1.29 is 15.0 Å². The van der Waals surface area contributed by atoms with Gasteiger partial charge in [-0.15, -0.1) is 0 Å². The van der Waals surface area contributed by atoms with Crippen molar-refractivity contribution in [3.05, 3.63) is 48.6 Å². The van der Waals surface area contributed by atoms with Crippen molar-refractivity contribution in [2.75, 3.05) is 6.61 Å². The Kier molecular flexibility index (Phi) is 57.2. The molecule has 0 saturated carbocycles. The van der Waals surface area contributed by atoms with E-state index in [2.05, 4.69) is 55.6 Å². The van der Waals surface area contributed by atoms with Gasteiger partial charge in [-0.3, -0.25) is 4.79 Å². The van der Waals surface area contributed by atoms with Gasteiger partial charge in [0.1, 0.15) is 0 Å². The first-order valence-electron chi connectivity index (χ1n) is 30.4. The number of carbonyl (C=O) groups excluding carboxylic acids is 1. The van der Waals surface area contributed by atoms with Gasteiger partial charge in [-0.2, -0.15) is 0 Å². The first kappa shape index (κ1) is 65.3. The van der Waals surface area contributed by atoms with Crippen LogP contribution in [0.5, 0.6) is 0 Å². The molecular formula is C63H119NO3. The molecule has 0 aromatic heterocycles. The molecule has 3 N–H and O–H groups in total. The molecule has 0 heterocycles. The molecular weight excluding hydrogens is 819 g/mol. The van der Waals surface area contributed by atoms with Gasteiger partial charge in [-0.1, -0.05) is 313 Å². The van der Waals surface area contributed by atoms with Crippen LogP contribution >= 0.6 is 0 Å². The Morgan fingerprint density at radius 2 is 0.612 bits per heavy atom. The molecule has 4 heteroatoms. The molecule has 2 atom stereocenters. The molecule has 394 valence electrons. The summed E-state index contributed by atoms with van der Waals surface area (Å²) in [6.45, 7) is 4.32. The van der Waals surface area contributed by atoms with Gasteiger partial charge in [0.05, 0.1) is 18.8 Å². The number of hydrogen-bond donors (Lipinski definition) is 3. The van der Waals surface area contributed by atoms with E-state index in [0.717, 1.165) is 38.5 Å². The standard InChI is InChI=1S/C63H119NO3/c1-3-5-7-9-11-13-15-17-19-21-23-24-25-26-27-28-29-30-31-32-33-34-35-36-37-38-39-40-41-43-45-47-49-51-53-55-57-59-63(67)64-61(60-65)62(66)58-56-54-52-50-48-46-44-42-22-20-18-16-14-12-10-8-6-4-2/h15,17,21,23,25-26,56,58,61-62,65-66H,3-14,16,18-20,22,24,27-55,57,59-60H2,1-2H3,(H,64,67)/b17-15-,23-21-,26-25-,58-56+. The van der Waals surface area contributed by atoms with E-state index in [1.807, 2.05) is 6.08 Å². The van der Waals surface area contributed by atoms with Crippen molar-refractivity contribution in [3.8, 4) is 0 Å². The highest BCUT2D eigenvalue weighted by Crippen LogP contribution is 2.18. The first-order valence-corrected chi connectivity index (χ1v) is 30.4. The minimum absolute atomic E-state index is 0.0585. The molecule has 0 fully saturated rings. The van der Waals surface area contributed by atoms with Crippen LogP contribution in [0, 0.1) is 0 Å². The third-order valence-electron chi connectivity index (χ3n) is 14.1. The molecule has 0 aliphatic carbocycles. The van der Waals surface area contributed by atoms with Gasteiger partial charge in [0.15, 0.2) is 0 Å². The fourth-order valence-electron chi connectivity index (χ4n) is 9.42. The van der Waals surface area contributed by atoms with Crippen LogP contribution in [0.2, 0.25) is 0 Å². The van der Waals surface area contributed by atoms with Gasteiger partial charge < -0.3 is 15.5 Å². The van der Waals surface area contributed by atoms with Crippen molar-refractivity contribution in [3.63, 3.8) is 0 Å². The summed E-state index contributed by atoms with van der Waals surface area (Å²) in [4.78, 5) is 12.5. The average molecular weight is 939 g/mol. The Bertz CT molecular complexity index is 1060. The number of aliphatic hydroxyl groups is 2. The van der Waals surface area contributed by atoms with E-state index in [-0.39, 0.29) is 12.5 Å². The highest BCUT2D eigenvalue weighted by atomic mass is 16.3. The maximum absolute atomic E-state index is 12.5. The number of rotatable bonds is 56. The summed E-state index contributed by atoms with van der Waals surface area (Å²) >= 11 is 0. The number of amides is 1. The monoisotopic (exact) mass is 938 g/mol. The van der Waals surface area contributed by atoms with E-state index >= 15 is 0 Å². The Labute approximate surface area is 420 Å². The zero-order valence-corrected chi connectivity index (χ0v) is 45.4. The first-order chi connectivity index (χ1) is 33.2. The number of allylic oxidation sites excluding steroid dienone is 7. The minimum atomic E-state index is -0.838. The lowest BCUT2D eigenvalue weighted by Crippen LogP contribution is -2.45. The van der Waals surface area contributed by atoms with E-state index < -0.39 is 12.1 Å². The fourth-order valence-corrected chi connectivity index (χ4v) is 9.42. The molecule has 2 unspecified atom stereocenters. The average Bonchev–Trinajstić information content (AvgIpc) is 3.33. The second-order valence-corrected chi connectivity index (χ2v) is 20.8. The minimum Gasteiger partial charge on any atom is -0.394 e. The van der Waals surface area contributed by atoms with Gasteiger partial charge in [0.25, 0.3) is 0 Å². The lowest BCUT2D eigenvalue weighted by atomic mass is 10.0. The molecule has 0 bridgehead atoms. The molecule has 0 saturated heterocycles. The molecule has 4 nitrogen and oxygen atoms in total. The maximum atomic E-state index is 12.5. The van der Waals surface area contributed by atoms with Gasteiger partial charge in [-0.25, -0.2) is 0 Å². The summed E-state index contributed by atoms with van der Waals surface area (Å²) in [5.74, 6) is -0.0585. The molecule has 0 aromatic rings. The van der Waals surface area contributed by atoms with Gasteiger partial charge in [0, 0.05) is 6.42 Å². The van der Waals surface area contributed by atoms with Crippen LogP contribution in [-0.2, 0) is 4.79 Å². The van der Waals surface area contributed by atoms with Gasteiger partial charge >= 0.3 is 0 Å².